The molecule has 0 radical (unpaired) electrons. The first-order chi connectivity index (χ1) is 5.84. The molecule has 13 heavy (non-hydrogen) atoms. The lowest BCUT2D eigenvalue weighted by Gasteiger charge is -2.02. The van der Waals surface area contributed by atoms with Crippen LogP contribution < -0.4 is 5.56 Å². The summed E-state index contributed by atoms with van der Waals surface area (Å²) in [5, 5.41) is 8.98. The molecule has 0 saturated carbocycles. The van der Waals surface area contributed by atoms with Gasteiger partial charge in [-0.25, -0.2) is 0 Å². The van der Waals surface area contributed by atoms with Crippen LogP contribution in [0.3, 0.4) is 0 Å². The van der Waals surface area contributed by atoms with Gasteiger partial charge in [0.15, 0.2) is 10.8 Å². The van der Waals surface area contributed by atoms with Crippen LogP contribution in [-0.4, -0.2) is 22.6 Å². The molecule has 0 aliphatic carbocycles. The number of aromatic hydroxyl groups is 1. The molecular formula is C6H7NO5S. The molecule has 72 valence electrons. The summed E-state index contributed by atoms with van der Waals surface area (Å²) in [6.45, 7) is 0. The second-order valence-corrected chi connectivity index (χ2v) is 3.78. The molecule has 2 N–H and O–H groups in total. The van der Waals surface area contributed by atoms with Crippen molar-refractivity contribution in [2.75, 3.05) is 0 Å². The van der Waals surface area contributed by atoms with Gasteiger partial charge in [0.2, 0.25) is 0 Å². The van der Waals surface area contributed by atoms with Crippen molar-refractivity contribution in [2.45, 2.75) is 4.90 Å². The van der Waals surface area contributed by atoms with E-state index in [1.807, 2.05) is 0 Å². The van der Waals surface area contributed by atoms with Crippen LogP contribution in [0.2, 0.25) is 0 Å². The van der Waals surface area contributed by atoms with Crippen molar-refractivity contribution < 1.29 is 18.1 Å². The van der Waals surface area contributed by atoms with Gasteiger partial charge in [0, 0.05) is 7.05 Å². The van der Waals surface area contributed by atoms with Gasteiger partial charge in [0.05, 0.1) is 0 Å². The molecule has 6 nitrogen and oxygen atoms in total. The predicted molar refractivity (Wildman–Crippen MR) is 43.2 cm³/mol. The van der Waals surface area contributed by atoms with Crippen molar-refractivity contribution in [1.82, 2.24) is 4.57 Å². The summed E-state index contributed by atoms with van der Waals surface area (Å²) in [5.41, 5.74) is -0.970. The van der Waals surface area contributed by atoms with E-state index in [1.165, 1.54) is 7.05 Å². The maximum absolute atomic E-state index is 11.1. The van der Waals surface area contributed by atoms with Crippen molar-refractivity contribution >= 4 is 10.1 Å². The van der Waals surface area contributed by atoms with Crippen LogP contribution in [0, 0.1) is 0 Å². The third kappa shape index (κ3) is 1.70. The quantitative estimate of drug-likeness (QED) is 0.593. The minimum Gasteiger partial charge on any atom is -0.494 e. The highest BCUT2D eigenvalue weighted by atomic mass is 32.2. The molecule has 1 heterocycles. The molecule has 1 aromatic rings. The summed E-state index contributed by atoms with van der Waals surface area (Å²) in [5.74, 6) is -0.377. The Morgan fingerprint density at radius 1 is 1.38 bits per heavy atom. The Bertz CT molecular complexity index is 486. The zero-order valence-electron chi connectivity index (χ0n) is 6.63. The first-order valence-corrected chi connectivity index (χ1v) is 4.64. The maximum Gasteiger partial charge on any atom is 0.300 e. The molecule has 1 rings (SSSR count). The Morgan fingerprint density at radius 2 is 1.92 bits per heavy atom. The highest BCUT2D eigenvalue weighted by molar-refractivity contribution is 7.85. The number of nitrogens with zero attached hydrogens (tertiary/aromatic N) is 1. The molecule has 0 aliphatic heterocycles. The van der Waals surface area contributed by atoms with E-state index in [4.69, 9.17) is 9.66 Å². The largest absolute Gasteiger partial charge is 0.494 e. The van der Waals surface area contributed by atoms with Crippen molar-refractivity contribution in [3.63, 3.8) is 0 Å². The summed E-state index contributed by atoms with van der Waals surface area (Å²) >= 11 is 0. The number of rotatable bonds is 1. The van der Waals surface area contributed by atoms with Crippen LogP contribution in [0.5, 0.6) is 5.88 Å². The predicted octanol–water partition coefficient (Wildman–Crippen LogP) is -0.662. The number of hydrogen-bond donors (Lipinski definition) is 2. The van der Waals surface area contributed by atoms with E-state index >= 15 is 0 Å². The normalized spacial score (nSPS) is 11.5. The second kappa shape index (κ2) is 2.86. The van der Waals surface area contributed by atoms with Crippen molar-refractivity contribution in [3.8, 4) is 5.88 Å². The average Bonchev–Trinajstić information content (AvgIpc) is 1.98. The molecule has 0 bridgehead atoms. The molecular weight excluding hydrogens is 198 g/mol. The van der Waals surface area contributed by atoms with Gasteiger partial charge in [-0.1, -0.05) is 0 Å². The maximum atomic E-state index is 11.1. The highest BCUT2D eigenvalue weighted by Gasteiger charge is 2.16. The molecule has 0 amide bonds. The van der Waals surface area contributed by atoms with Crippen LogP contribution in [0.1, 0.15) is 0 Å². The van der Waals surface area contributed by atoms with Gasteiger partial charge < -0.3 is 5.11 Å². The molecule has 0 aromatic carbocycles. The smallest absolute Gasteiger partial charge is 0.300 e. The molecule has 0 atom stereocenters. The molecule has 1 aromatic heterocycles. The van der Waals surface area contributed by atoms with Crippen LogP contribution >= 0.6 is 0 Å². The monoisotopic (exact) mass is 205 g/mol. The van der Waals surface area contributed by atoms with Crippen LogP contribution in [-0.2, 0) is 17.2 Å². The Morgan fingerprint density at radius 3 is 2.38 bits per heavy atom. The van der Waals surface area contributed by atoms with E-state index in [2.05, 4.69) is 0 Å². The van der Waals surface area contributed by atoms with Gasteiger partial charge in [-0.05, 0) is 12.1 Å². The van der Waals surface area contributed by atoms with Crippen LogP contribution in [0.15, 0.2) is 21.8 Å². The lowest BCUT2D eigenvalue weighted by atomic mass is 10.4. The zero-order valence-corrected chi connectivity index (χ0v) is 7.45. The summed E-state index contributed by atoms with van der Waals surface area (Å²) in [6.07, 6.45) is 0. The summed E-state index contributed by atoms with van der Waals surface area (Å²) in [7, 11) is -3.33. The Hall–Kier alpha value is -1.34. The van der Waals surface area contributed by atoms with Crippen molar-refractivity contribution in [1.29, 1.82) is 0 Å². The Kier molecular flexibility index (Phi) is 2.14. The minimum atomic E-state index is -4.52. The van der Waals surface area contributed by atoms with E-state index in [0.717, 1.165) is 12.1 Å². The average molecular weight is 205 g/mol. The summed E-state index contributed by atoms with van der Waals surface area (Å²) in [4.78, 5) is 10.3. The fraction of sp³-hybridized carbons (Fsp3) is 0.167. The van der Waals surface area contributed by atoms with E-state index in [-0.39, 0.29) is 5.88 Å². The third-order valence-corrected chi connectivity index (χ3v) is 2.39. The van der Waals surface area contributed by atoms with Gasteiger partial charge >= 0.3 is 0 Å². The SMILES string of the molecule is Cn1c(O)ccc(S(=O)(=O)O)c1=O. The van der Waals surface area contributed by atoms with E-state index < -0.39 is 20.6 Å². The molecule has 0 aliphatic rings. The topological polar surface area (TPSA) is 96.6 Å². The van der Waals surface area contributed by atoms with Gasteiger partial charge in [-0.3, -0.25) is 13.9 Å². The van der Waals surface area contributed by atoms with E-state index in [1.54, 1.807) is 0 Å². The first kappa shape index (κ1) is 9.75. The molecule has 7 heteroatoms. The fourth-order valence-corrected chi connectivity index (χ4v) is 1.40. The Labute approximate surface area is 73.8 Å². The van der Waals surface area contributed by atoms with Gasteiger partial charge in [0.1, 0.15) is 0 Å². The van der Waals surface area contributed by atoms with Gasteiger partial charge in [-0.2, -0.15) is 8.42 Å². The van der Waals surface area contributed by atoms with Gasteiger partial charge in [-0.15, -0.1) is 0 Å². The molecule has 0 saturated heterocycles. The zero-order chi connectivity index (χ0) is 10.2. The molecule has 0 fully saturated rings. The fourth-order valence-electron chi connectivity index (χ4n) is 0.799. The third-order valence-electron chi connectivity index (χ3n) is 1.52. The number of aromatic nitrogens is 1. The summed E-state index contributed by atoms with van der Waals surface area (Å²) in [6, 6.07) is 1.84. The van der Waals surface area contributed by atoms with Crippen molar-refractivity contribution in [2.24, 2.45) is 7.05 Å². The molecule has 0 spiro atoms. The lowest BCUT2D eigenvalue weighted by Crippen LogP contribution is -2.23. The van der Waals surface area contributed by atoms with Crippen molar-refractivity contribution in [3.05, 3.63) is 22.5 Å². The van der Waals surface area contributed by atoms with Gasteiger partial charge in [0.25, 0.3) is 15.7 Å². The lowest BCUT2D eigenvalue weighted by molar-refractivity contribution is 0.419. The second-order valence-electron chi connectivity index (χ2n) is 2.40. The first-order valence-electron chi connectivity index (χ1n) is 3.20. The highest BCUT2D eigenvalue weighted by Crippen LogP contribution is 2.07. The number of pyridine rings is 1. The van der Waals surface area contributed by atoms with Crippen LogP contribution in [0.4, 0.5) is 0 Å². The standard InChI is InChI=1S/C6H7NO5S/c1-7-5(8)3-2-4(6(7)9)13(10,11)12/h2-3,8H,1H3,(H,10,11,12). The van der Waals surface area contributed by atoms with E-state index in [9.17, 15) is 13.2 Å². The summed E-state index contributed by atoms with van der Waals surface area (Å²) < 4.78 is 30.4. The van der Waals surface area contributed by atoms with Crippen LogP contribution in [0.25, 0.3) is 0 Å². The van der Waals surface area contributed by atoms with E-state index in [0.29, 0.717) is 4.57 Å². The minimum absolute atomic E-state index is 0.377. The number of hydrogen-bond acceptors (Lipinski definition) is 4. The Balaban J connectivity index is 3.64. The molecule has 0 unspecified atom stereocenters.